The van der Waals surface area contributed by atoms with Crippen LogP contribution in [0.15, 0.2) is 23.6 Å². The molecule has 1 aromatic heterocycles. The highest BCUT2D eigenvalue weighted by Crippen LogP contribution is 2.27. The Morgan fingerprint density at radius 1 is 1.28 bits per heavy atom. The van der Waals surface area contributed by atoms with Gasteiger partial charge in [-0.05, 0) is 46.9 Å². The molecule has 1 aromatic carbocycles. The number of hydrogen-bond donors (Lipinski definition) is 2. The molecule has 0 bridgehead atoms. The molecule has 0 atom stereocenters. The monoisotopic (exact) mass is 260 g/mol. The van der Waals surface area contributed by atoms with Crippen molar-refractivity contribution >= 4 is 21.4 Å². The fraction of sp³-hybridized carbons (Fsp3) is 0.467. The van der Waals surface area contributed by atoms with Crippen molar-refractivity contribution in [1.29, 1.82) is 0 Å². The summed E-state index contributed by atoms with van der Waals surface area (Å²) in [5.74, 6) is 0. The molecule has 1 aliphatic carbocycles. The Bertz CT molecular complexity index is 526. The van der Waals surface area contributed by atoms with Gasteiger partial charge in [0.15, 0.2) is 0 Å². The molecule has 0 aliphatic heterocycles. The molecule has 0 saturated heterocycles. The zero-order chi connectivity index (χ0) is 12.4. The lowest BCUT2D eigenvalue weighted by molar-refractivity contribution is 0.526. The zero-order valence-corrected chi connectivity index (χ0v) is 11.4. The minimum absolute atomic E-state index is 0.626. The van der Waals surface area contributed by atoms with Crippen LogP contribution in [0.5, 0.6) is 0 Å². The van der Waals surface area contributed by atoms with E-state index in [0.717, 1.165) is 12.6 Å². The van der Waals surface area contributed by atoms with E-state index in [0.29, 0.717) is 6.54 Å². The molecule has 3 heteroatoms. The number of fused-ring (bicyclic) bond motifs is 1. The third-order valence-corrected chi connectivity index (χ3v) is 4.90. The lowest BCUT2D eigenvalue weighted by Crippen LogP contribution is -2.25. The summed E-state index contributed by atoms with van der Waals surface area (Å²) >= 11 is 1.83. The number of thiophene rings is 1. The molecule has 18 heavy (non-hydrogen) atoms. The van der Waals surface area contributed by atoms with Gasteiger partial charge in [0.25, 0.3) is 0 Å². The highest BCUT2D eigenvalue weighted by Gasteiger charge is 2.14. The molecule has 1 saturated carbocycles. The van der Waals surface area contributed by atoms with E-state index in [1.807, 2.05) is 11.3 Å². The number of nitrogens with two attached hydrogens (primary N) is 1. The van der Waals surface area contributed by atoms with Crippen molar-refractivity contribution < 1.29 is 0 Å². The highest BCUT2D eigenvalue weighted by molar-refractivity contribution is 7.17. The Hall–Kier alpha value is -0.900. The molecule has 3 rings (SSSR count). The van der Waals surface area contributed by atoms with Crippen LogP contribution in [0.1, 0.15) is 36.8 Å². The maximum Gasteiger partial charge on any atom is 0.0346 e. The summed E-state index contributed by atoms with van der Waals surface area (Å²) in [6.45, 7) is 1.62. The van der Waals surface area contributed by atoms with E-state index in [2.05, 4.69) is 28.9 Å². The molecule has 0 unspecified atom stereocenters. The van der Waals surface area contributed by atoms with Gasteiger partial charge >= 0.3 is 0 Å². The Morgan fingerprint density at radius 3 is 2.89 bits per heavy atom. The number of nitrogens with one attached hydrogen (secondary N) is 1. The van der Waals surface area contributed by atoms with Crippen LogP contribution >= 0.6 is 11.3 Å². The third kappa shape index (κ3) is 2.44. The van der Waals surface area contributed by atoms with Gasteiger partial charge < -0.3 is 11.1 Å². The molecule has 0 amide bonds. The Labute approximate surface area is 112 Å². The molecule has 3 N–H and O–H groups in total. The van der Waals surface area contributed by atoms with E-state index in [1.54, 1.807) is 0 Å². The lowest BCUT2D eigenvalue weighted by Gasteiger charge is -2.11. The van der Waals surface area contributed by atoms with E-state index in [9.17, 15) is 0 Å². The molecular weight excluding hydrogens is 240 g/mol. The summed E-state index contributed by atoms with van der Waals surface area (Å²) in [5, 5.41) is 7.36. The van der Waals surface area contributed by atoms with Crippen LogP contribution in [-0.2, 0) is 13.1 Å². The maximum atomic E-state index is 5.72. The van der Waals surface area contributed by atoms with Crippen molar-refractivity contribution in [2.24, 2.45) is 5.73 Å². The van der Waals surface area contributed by atoms with Gasteiger partial charge in [-0.25, -0.2) is 0 Å². The van der Waals surface area contributed by atoms with Gasteiger partial charge in [0.2, 0.25) is 0 Å². The number of hydrogen-bond acceptors (Lipinski definition) is 3. The Kier molecular flexibility index (Phi) is 3.64. The van der Waals surface area contributed by atoms with Gasteiger partial charge in [0, 0.05) is 23.8 Å². The van der Waals surface area contributed by atoms with Gasteiger partial charge in [0.05, 0.1) is 0 Å². The van der Waals surface area contributed by atoms with Crippen LogP contribution in [0.2, 0.25) is 0 Å². The molecule has 0 radical (unpaired) electrons. The first-order valence-corrected chi connectivity index (χ1v) is 7.67. The molecule has 2 aromatic rings. The smallest absolute Gasteiger partial charge is 0.0346 e. The van der Waals surface area contributed by atoms with E-state index >= 15 is 0 Å². The maximum absolute atomic E-state index is 5.72. The standard InChI is InChI=1S/C15H20N2S/c16-8-11-5-6-15-14(7-11)12(10-18-15)9-17-13-3-1-2-4-13/h5-7,10,13,17H,1-4,8-9,16H2. The van der Waals surface area contributed by atoms with Crippen LogP contribution in [0.25, 0.3) is 10.1 Å². The average molecular weight is 260 g/mol. The largest absolute Gasteiger partial charge is 0.326 e. The van der Waals surface area contributed by atoms with Gasteiger partial charge in [-0.2, -0.15) is 0 Å². The molecule has 1 fully saturated rings. The molecule has 96 valence electrons. The van der Waals surface area contributed by atoms with E-state index in [-0.39, 0.29) is 0 Å². The minimum atomic E-state index is 0.626. The first-order valence-electron chi connectivity index (χ1n) is 6.79. The van der Waals surface area contributed by atoms with Gasteiger partial charge in [-0.15, -0.1) is 11.3 Å². The van der Waals surface area contributed by atoms with E-state index in [1.165, 1.54) is 46.9 Å². The molecule has 1 heterocycles. The predicted molar refractivity (Wildman–Crippen MR) is 78.8 cm³/mol. The van der Waals surface area contributed by atoms with Crippen LogP contribution in [0.3, 0.4) is 0 Å². The van der Waals surface area contributed by atoms with Crippen LogP contribution < -0.4 is 11.1 Å². The van der Waals surface area contributed by atoms with Crippen molar-refractivity contribution in [2.75, 3.05) is 0 Å². The summed E-state index contributed by atoms with van der Waals surface area (Å²) in [6, 6.07) is 7.31. The number of benzene rings is 1. The van der Waals surface area contributed by atoms with Crippen molar-refractivity contribution in [3.05, 3.63) is 34.7 Å². The summed E-state index contributed by atoms with van der Waals surface area (Å²) in [7, 11) is 0. The van der Waals surface area contributed by atoms with Crippen molar-refractivity contribution in [1.82, 2.24) is 5.32 Å². The van der Waals surface area contributed by atoms with Crippen molar-refractivity contribution in [3.63, 3.8) is 0 Å². The fourth-order valence-electron chi connectivity index (χ4n) is 2.78. The Morgan fingerprint density at radius 2 is 2.11 bits per heavy atom. The van der Waals surface area contributed by atoms with E-state index in [4.69, 9.17) is 5.73 Å². The molecule has 0 spiro atoms. The SMILES string of the molecule is NCc1ccc2scc(CNC3CCCC3)c2c1. The molecular formula is C15H20N2S. The second kappa shape index (κ2) is 5.39. The van der Waals surface area contributed by atoms with Crippen LogP contribution in [0, 0.1) is 0 Å². The second-order valence-corrected chi connectivity index (χ2v) is 6.07. The molecule has 1 aliphatic rings. The topological polar surface area (TPSA) is 38.0 Å². The Balaban J connectivity index is 1.78. The van der Waals surface area contributed by atoms with Crippen LogP contribution in [-0.4, -0.2) is 6.04 Å². The average Bonchev–Trinajstić information content (AvgIpc) is 3.05. The highest BCUT2D eigenvalue weighted by atomic mass is 32.1. The fourth-order valence-corrected chi connectivity index (χ4v) is 3.72. The first kappa shape index (κ1) is 12.2. The lowest BCUT2D eigenvalue weighted by atomic mass is 10.1. The van der Waals surface area contributed by atoms with Crippen LogP contribution in [0.4, 0.5) is 0 Å². The zero-order valence-electron chi connectivity index (χ0n) is 10.6. The summed E-state index contributed by atoms with van der Waals surface area (Å²) in [4.78, 5) is 0. The normalized spacial score (nSPS) is 16.7. The summed E-state index contributed by atoms with van der Waals surface area (Å²) < 4.78 is 1.37. The summed E-state index contributed by atoms with van der Waals surface area (Å²) in [5.41, 5.74) is 8.37. The predicted octanol–water partition coefficient (Wildman–Crippen LogP) is 3.39. The third-order valence-electron chi connectivity index (χ3n) is 3.89. The number of rotatable bonds is 4. The van der Waals surface area contributed by atoms with Gasteiger partial charge in [-0.3, -0.25) is 0 Å². The van der Waals surface area contributed by atoms with Gasteiger partial charge in [-0.1, -0.05) is 18.9 Å². The second-order valence-electron chi connectivity index (χ2n) is 5.16. The van der Waals surface area contributed by atoms with E-state index < -0.39 is 0 Å². The first-order chi connectivity index (χ1) is 8.86. The summed E-state index contributed by atoms with van der Waals surface area (Å²) in [6.07, 6.45) is 5.46. The van der Waals surface area contributed by atoms with Crippen molar-refractivity contribution in [2.45, 2.75) is 44.8 Å². The van der Waals surface area contributed by atoms with Crippen molar-refractivity contribution in [3.8, 4) is 0 Å². The quantitative estimate of drug-likeness (QED) is 0.884. The molecule has 2 nitrogen and oxygen atoms in total. The van der Waals surface area contributed by atoms with Gasteiger partial charge in [0.1, 0.15) is 0 Å². The minimum Gasteiger partial charge on any atom is -0.326 e.